The van der Waals surface area contributed by atoms with Crippen LogP contribution in [0, 0.1) is 11.3 Å². The average molecular weight is 485 g/mol. The molecule has 3 aromatic carbocycles. The Balaban J connectivity index is 1.61. The number of carbonyl (C=O) groups excluding carboxylic acids is 1. The Morgan fingerprint density at radius 2 is 1.78 bits per heavy atom. The van der Waals surface area contributed by atoms with Gasteiger partial charge in [-0.05, 0) is 49.2 Å². The highest BCUT2D eigenvalue weighted by Gasteiger charge is 2.31. The van der Waals surface area contributed by atoms with Crippen LogP contribution in [0.3, 0.4) is 0 Å². The van der Waals surface area contributed by atoms with Gasteiger partial charge in [0, 0.05) is 11.6 Å². The van der Waals surface area contributed by atoms with E-state index in [1.54, 1.807) is 42.5 Å². The number of para-hydroxylation sites is 1. The van der Waals surface area contributed by atoms with Crippen LogP contribution in [0.5, 0.6) is 23.0 Å². The molecule has 1 aliphatic heterocycles. The Bertz CT molecular complexity index is 1310. The molecule has 4 rings (SSSR count). The zero-order valence-corrected chi connectivity index (χ0v) is 20.3. The van der Waals surface area contributed by atoms with Gasteiger partial charge < -0.3 is 24.7 Å². The van der Waals surface area contributed by atoms with Gasteiger partial charge in [-0.2, -0.15) is 5.26 Å². The first-order valence-electron chi connectivity index (χ1n) is 11.9. The van der Waals surface area contributed by atoms with Crippen molar-refractivity contribution in [2.75, 3.05) is 13.2 Å². The lowest BCUT2D eigenvalue weighted by Crippen LogP contribution is -2.21. The summed E-state index contributed by atoms with van der Waals surface area (Å²) in [6, 6.07) is 21.8. The van der Waals surface area contributed by atoms with Gasteiger partial charge in [0.25, 0.3) is 0 Å². The quantitative estimate of drug-likeness (QED) is 0.236. The molecule has 0 radical (unpaired) electrons. The molecule has 2 N–H and O–H groups in total. The van der Waals surface area contributed by atoms with Gasteiger partial charge >= 0.3 is 5.97 Å². The van der Waals surface area contributed by atoms with Crippen molar-refractivity contribution < 1.29 is 23.7 Å². The third-order valence-corrected chi connectivity index (χ3v) is 5.79. The van der Waals surface area contributed by atoms with Gasteiger partial charge in [-0.1, -0.05) is 43.7 Å². The minimum Gasteiger partial charge on any atom is -0.494 e. The van der Waals surface area contributed by atoms with Crippen LogP contribution in [0.4, 0.5) is 0 Å². The second-order valence-electron chi connectivity index (χ2n) is 8.21. The SMILES string of the molecule is CCCCOc1ccc(C2C(C#N)=C(N)Oc3cc(OC(=O)c4ccccc4OCC)ccc32)cc1. The van der Waals surface area contributed by atoms with Gasteiger partial charge in [-0.25, -0.2) is 4.79 Å². The van der Waals surface area contributed by atoms with Crippen LogP contribution in [0.1, 0.15) is 54.1 Å². The van der Waals surface area contributed by atoms with Crippen LogP contribution in [0.15, 0.2) is 78.2 Å². The number of unbranched alkanes of at least 4 members (excludes halogenated alkanes) is 1. The van der Waals surface area contributed by atoms with Crippen molar-refractivity contribution >= 4 is 5.97 Å². The van der Waals surface area contributed by atoms with Crippen molar-refractivity contribution in [1.29, 1.82) is 5.26 Å². The summed E-state index contributed by atoms with van der Waals surface area (Å²) in [6.45, 7) is 5.04. The number of ether oxygens (including phenoxy) is 4. The number of nitriles is 1. The van der Waals surface area contributed by atoms with Crippen molar-refractivity contribution in [2.45, 2.75) is 32.6 Å². The van der Waals surface area contributed by atoms with Gasteiger partial charge in [0.1, 0.15) is 40.2 Å². The van der Waals surface area contributed by atoms with Crippen LogP contribution in [-0.4, -0.2) is 19.2 Å². The van der Waals surface area contributed by atoms with E-state index in [0.717, 1.165) is 29.7 Å². The summed E-state index contributed by atoms with van der Waals surface area (Å²) in [5.41, 5.74) is 8.38. The van der Waals surface area contributed by atoms with Crippen molar-refractivity contribution in [3.8, 4) is 29.1 Å². The number of nitrogens with two attached hydrogens (primary N) is 1. The van der Waals surface area contributed by atoms with Crippen molar-refractivity contribution in [2.24, 2.45) is 5.73 Å². The fourth-order valence-corrected chi connectivity index (χ4v) is 4.01. The van der Waals surface area contributed by atoms with E-state index in [4.69, 9.17) is 24.7 Å². The molecule has 36 heavy (non-hydrogen) atoms. The molecule has 1 atom stereocenters. The molecule has 0 fully saturated rings. The number of hydrogen-bond donors (Lipinski definition) is 1. The minimum absolute atomic E-state index is 0.0171. The van der Waals surface area contributed by atoms with Crippen LogP contribution in [-0.2, 0) is 0 Å². The highest BCUT2D eigenvalue weighted by molar-refractivity contribution is 5.94. The monoisotopic (exact) mass is 484 g/mol. The fraction of sp³-hybridized carbons (Fsp3) is 0.241. The highest BCUT2D eigenvalue weighted by Crippen LogP contribution is 2.43. The van der Waals surface area contributed by atoms with E-state index >= 15 is 0 Å². The summed E-state index contributed by atoms with van der Waals surface area (Å²) in [5.74, 6) is 0.971. The second kappa shape index (κ2) is 11.3. The molecule has 7 heteroatoms. The van der Waals surface area contributed by atoms with E-state index in [2.05, 4.69) is 13.0 Å². The van der Waals surface area contributed by atoms with Crippen LogP contribution >= 0.6 is 0 Å². The fourth-order valence-electron chi connectivity index (χ4n) is 4.01. The van der Waals surface area contributed by atoms with Gasteiger partial charge in [-0.15, -0.1) is 0 Å². The number of fused-ring (bicyclic) bond motifs is 1. The predicted molar refractivity (Wildman–Crippen MR) is 135 cm³/mol. The molecule has 1 heterocycles. The Morgan fingerprint density at radius 3 is 2.50 bits per heavy atom. The third-order valence-electron chi connectivity index (χ3n) is 5.79. The van der Waals surface area contributed by atoms with Crippen LogP contribution in [0.25, 0.3) is 0 Å². The molecule has 1 unspecified atom stereocenters. The van der Waals surface area contributed by atoms with E-state index in [0.29, 0.717) is 35.8 Å². The molecule has 0 saturated carbocycles. The molecule has 1 aliphatic rings. The maximum absolute atomic E-state index is 12.8. The summed E-state index contributed by atoms with van der Waals surface area (Å²) in [6.07, 6.45) is 2.04. The van der Waals surface area contributed by atoms with E-state index < -0.39 is 11.9 Å². The number of hydrogen-bond acceptors (Lipinski definition) is 7. The Morgan fingerprint density at radius 1 is 1.03 bits per heavy atom. The minimum atomic E-state index is -0.550. The topological polar surface area (TPSA) is 104 Å². The van der Waals surface area contributed by atoms with E-state index in [1.807, 2.05) is 31.2 Å². The standard InChI is InChI=1S/C29H28N2O5/c1-3-5-16-34-20-12-10-19(11-13-20)27-22-15-14-21(17-26(22)36-28(31)24(27)18-30)35-29(32)23-8-6-7-9-25(23)33-4-2/h6-15,17,27H,3-5,16,31H2,1-2H3. The lowest BCUT2D eigenvalue weighted by atomic mass is 9.83. The molecular formula is C29H28N2O5. The number of esters is 1. The zero-order chi connectivity index (χ0) is 25.5. The zero-order valence-electron chi connectivity index (χ0n) is 20.3. The summed E-state index contributed by atoms with van der Waals surface area (Å²) >= 11 is 0. The number of allylic oxidation sites excluding steroid dienone is 1. The summed E-state index contributed by atoms with van der Waals surface area (Å²) < 4.78 is 22.7. The summed E-state index contributed by atoms with van der Waals surface area (Å²) in [4.78, 5) is 12.8. The largest absolute Gasteiger partial charge is 0.494 e. The molecular weight excluding hydrogens is 456 g/mol. The molecule has 0 bridgehead atoms. The molecule has 3 aromatic rings. The van der Waals surface area contributed by atoms with E-state index in [-0.39, 0.29) is 11.6 Å². The smallest absolute Gasteiger partial charge is 0.347 e. The van der Waals surface area contributed by atoms with Gasteiger partial charge in [0.05, 0.1) is 19.1 Å². The summed E-state index contributed by atoms with van der Waals surface area (Å²) in [5, 5.41) is 9.81. The summed E-state index contributed by atoms with van der Waals surface area (Å²) in [7, 11) is 0. The van der Waals surface area contributed by atoms with Crippen molar-refractivity contribution in [1.82, 2.24) is 0 Å². The van der Waals surface area contributed by atoms with Crippen LogP contribution in [0.2, 0.25) is 0 Å². The van der Waals surface area contributed by atoms with E-state index in [9.17, 15) is 10.1 Å². The number of rotatable bonds is 9. The maximum Gasteiger partial charge on any atom is 0.347 e. The first-order chi connectivity index (χ1) is 17.5. The van der Waals surface area contributed by atoms with Gasteiger partial charge in [0.2, 0.25) is 5.88 Å². The Labute approximate surface area is 210 Å². The Kier molecular flexibility index (Phi) is 7.76. The van der Waals surface area contributed by atoms with Gasteiger partial charge in [0.15, 0.2) is 0 Å². The Hall–Kier alpha value is -4.44. The highest BCUT2D eigenvalue weighted by atomic mass is 16.5. The molecule has 7 nitrogen and oxygen atoms in total. The third kappa shape index (κ3) is 5.28. The molecule has 184 valence electrons. The maximum atomic E-state index is 12.8. The second-order valence-corrected chi connectivity index (χ2v) is 8.21. The number of benzene rings is 3. The average Bonchev–Trinajstić information content (AvgIpc) is 2.89. The first-order valence-corrected chi connectivity index (χ1v) is 11.9. The van der Waals surface area contributed by atoms with Crippen molar-refractivity contribution in [3.63, 3.8) is 0 Å². The lowest BCUT2D eigenvalue weighted by molar-refractivity contribution is 0.0730. The normalized spacial score (nSPS) is 14.3. The van der Waals surface area contributed by atoms with E-state index in [1.165, 1.54) is 0 Å². The van der Waals surface area contributed by atoms with Gasteiger partial charge in [-0.3, -0.25) is 0 Å². The first kappa shape index (κ1) is 24.7. The molecule has 0 saturated heterocycles. The molecule has 0 aliphatic carbocycles. The molecule has 0 amide bonds. The van der Waals surface area contributed by atoms with Crippen LogP contribution < -0.4 is 24.7 Å². The lowest BCUT2D eigenvalue weighted by Gasteiger charge is -2.27. The van der Waals surface area contributed by atoms with Crippen molar-refractivity contribution in [3.05, 3.63) is 94.9 Å². The predicted octanol–water partition coefficient (Wildman–Crippen LogP) is 5.70. The number of carbonyl (C=O) groups is 1. The molecule has 0 spiro atoms. The number of nitrogens with zero attached hydrogens (tertiary/aromatic N) is 1. The molecule has 0 aromatic heterocycles.